The van der Waals surface area contributed by atoms with Crippen LogP contribution in [0.1, 0.15) is 31.4 Å². The molecule has 1 fully saturated rings. The van der Waals surface area contributed by atoms with E-state index in [1.165, 1.54) is 0 Å². The van der Waals surface area contributed by atoms with Crippen LogP contribution < -0.4 is 10.6 Å². The Bertz CT molecular complexity index is 956. The fraction of sp³-hybridized carbons (Fsp3) is 0.474. The van der Waals surface area contributed by atoms with Crippen molar-refractivity contribution in [3.8, 4) is 0 Å². The molecule has 4 heterocycles. The highest BCUT2D eigenvalue weighted by Crippen LogP contribution is 2.38. The summed E-state index contributed by atoms with van der Waals surface area (Å²) in [6, 6.07) is 1.18. The number of fused-ring (bicyclic) bond motifs is 2. The Balaban J connectivity index is 1.44. The molecule has 2 atom stereocenters. The number of alkyl halides is 3. The van der Waals surface area contributed by atoms with Crippen molar-refractivity contribution in [1.82, 2.24) is 30.0 Å². The van der Waals surface area contributed by atoms with E-state index in [0.29, 0.717) is 12.4 Å². The van der Waals surface area contributed by atoms with Gasteiger partial charge in [-0.1, -0.05) is 6.08 Å². The highest BCUT2D eigenvalue weighted by Gasteiger charge is 2.40. The van der Waals surface area contributed by atoms with Gasteiger partial charge in [-0.05, 0) is 30.9 Å². The topological polar surface area (TPSA) is 88.0 Å². The molecule has 4 rings (SSSR count). The van der Waals surface area contributed by atoms with Gasteiger partial charge >= 0.3 is 12.2 Å². The number of aryl methyl sites for hydroxylation is 1. The quantitative estimate of drug-likeness (QED) is 0.774. The summed E-state index contributed by atoms with van der Waals surface area (Å²) in [5.74, 6) is 0.445. The molecule has 8 nitrogen and oxygen atoms in total. The van der Waals surface area contributed by atoms with Crippen molar-refractivity contribution in [2.45, 2.75) is 43.9 Å². The first-order valence-corrected chi connectivity index (χ1v) is 9.71. The van der Waals surface area contributed by atoms with E-state index < -0.39 is 25.2 Å². The van der Waals surface area contributed by atoms with Crippen molar-refractivity contribution in [2.75, 3.05) is 11.9 Å². The fourth-order valence-electron chi connectivity index (χ4n) is 3.95. The van der Waals surface area contributed by atoms with Crippen LogP contribution in [0.2, 0.25) is 0 Å². The Morgan fingerprint density at radius 1 is 1.33 bits per heavy atom. The number of carbonyl (C=O) groups excluding carboxylic acids is 1. The fourth-order valence-corrected chi connectivity index (χ4v) is 3.95. The third-order valence-corrected chi connectivity index (χ3v) is 5.26. The number of anilines is 2. The van der Waals surface area contributed by atoms with E-state index >= 15 is 0 Å². The van der Waals surface area contributed by atoms with Crippen LogP contribution in [0.25, 0.3) is 5.57 Å². The van der Waals surface area contributed by atoms with Gasteiger partial charge < -0.3 is 15.5 Å². The van der Waals surface area contributed by atoms with Crippen LogP contribution in [-0.2, 0) is 7.05 Å². The lowest BCUT2D eigenvalue weighted by molar-refractivity contribution is -0.133. The van der Waals surface area contributed by atoms with Gasteiger partial charge in [-0.15, -0.1) is 0 Å². The molecule has 2 aromatic rings. The minimum Gasteiger partial charge on any atom is -0.338 e. The maximum absolute atomic E-state index is 12.4. The van der Waals surface area contributed by atoms with Crippen LogP contribution in [0.3, 0.4) is 0 Å². The number of nitrogens with zero attached hydrogens (tertiary/aromatic N) is 5. The van der Waals surface area contributed by atoms with E-state index in [-0.39, 0.29) is 12.1 Å². The second-order valence-electron chi connectivity index (χ2n) is 7.49. The van der Waals surface area contributed by atoms with E-state index in [1.807, 2.05) is 25.4 Å². The van der Waals surface area contributed by atoms with Gasteiger partial charge in [-0.2, -0.15) is 18.3 Å². The zero-order chi connectivity index (χ0) is 21.3. The Morgan fingerprint density at radius 3 is 2.87 bits per heavy atom. The van der Waals surface area contributed by atoms with Crippen molar-refractivity contribution < 1.29 is 18.0 Å². The van der Waals surface area contributed by atoms with Gasteiger partial charge in [0.25, 0.3) is 0 Å². The summed E-state index contributed by atoms with van der Waals surface area (Å²) in [6.07, 6.45) is 4.02. The molecular formula is C19H22F3N7O. The molecule has 30 heavy (non-hydrogen) atoms. The highest BCUT2D eigenvalue weighted by atomic mass is 19.4. The number of nitrogens with one attached hydrogen (secondary N) is 2. The SMILES string of the molecule is Cn1cc(Nc2nccc(C3=CC4CCC(C3)N4C(=O)NCCC(F)(F)F)n2)cn1. The summed E-state index contributed by atoms with van der Waals surface area (Å²) in [7, 11) is 1.82. The lowest BCUT2D eigenvalue weighted by Crippen LogP contribution is -2.48. The van der Waals surface area contributed by atoms with Crippen molar-refractivity contribution in [3.05, 3.63) is 36.4 Å². The predicted molar refractivity (Wildman–Crippen MR) is 104 cm³/mol. The summed E-state index contributed by atoms with van der Waals surface area (Å²) in [4.78, 5) is 22.9. The highest BCUT2D eigenvalue weighted by molar-refractivity contribution is 5.78. The molecule has 2 aliphatic heterocycles. The molecule has 0 saturated carbocycles. The van der Waals surface area contributed by atoms with E-state index in [1.54, 1.807) is 22.0 Å². The molecule has 2 amide bonds. The summed E-state index contributed by atoms with van der Waals surface area (Å²) in [5.41, 5.74) is 2.55. The van der Waals surface area contributed by atoms with E-state index in [4.69, 9.17) is 0 Å². The van der Waals surface area contributed by atoms with Crippen molar-refractivity contribution in [3.63, 3.8) is 0 Å². The minimum atomic E-state index is -4.28. The summed E-state index contributed by atoms with van der Waals surface area (Å²) in [6.45, 7) is -0.413. The van der Waals surface area contributed by atoms with Crippen LogP contribution in [0, 0.1) is 0 Å². The lowest BCUT2D eigenvalue weighted by atomic mass is 9.98. The average molecular weight is 421 g/mol. The zero-order valence-electron chi connectivity index (χ0n) is 16.4. The standard InChI is InChI=1S/C19H22F3N7O/c1-28-11-13(10-25-28)26-17-23-6-4-16(27-17)12-8-14-2-3-15(9-12)29(14)18(30)24-7-5-19(20,21)22/h4,6,8,10-11,14-15H,2-3,5,7,9H2,1H3,(H,24,30)(H,23,26,27). The van der Waals surface area contributed by atoms with E-state index in [0.717, 1.165) is 29.8 Å². The van der Waals surface area contributed by atoms with Gasteiger partial charge in [0.05, 0.1) is 30.0 Å². The molecule has 2 N–H and O–H groups in total. The Kier molecular flexibility index (Phi) is 5.35. The van der Waals surface area contributed by atoms with Gasteiger partial charge in [0.15, 0.2) is 0 Å². The molecule has 2 bridgehead atoms. The Labute approximate surface area is 171 Å². The van der Waals surface area contributed by atoms with Crippen LogP contribution in [0.4, 0.5) is 29.6 Å². The normalized spacial score (nSPS) is 20.8. The predicted octanol–water partition coefficient (Wildman–Crippen LogP) is 3.24. The number of hydrogen-bond donors (Lipinski definition) is 2. The molecule has 11 heteroatoms. The molecule has 1 saturated heterocycles. The summed E-state index contributed by atoms with van der Waals surface area (Å²) < 4.78 is 38.7. The van der Waals surface area contributed by atoms with Gasteiger partial charge in [-0.3, -0.25) is 4.68 Å². The molecule has 0 radical (unpaired) electrons. The molecule has 2 aliphatic rings. The number of carbonyl (C=O) groups is 1. The number of hydrogen-bond acceptors (Lipinski definition) is 5. The first kappa shape index (κ1) is 20.2. The average Bonchev–Trinajstić information content (AvgIpc) is 3.20. The number of rotatable bonds is 5. The second-order valence-corrected chi connectivity index (χ2v) is 7.49. The van der Waals surface area contributed by atoms with E-state index in [9.17, 15) is 18.0 Å². The lowest BCUT2D eigenvalue weighted by Gasteiger charge is -2.34. The maximum Gasteiger partial charge on any atom is 0.390 e. The molecule has 0 aromatic carbocycles. The number of aromatic nitrogens is 4. The maximum atomic E-state index is 12.4. The first-order chi connectivity index (χ1) is 14.3. The molecule has 0 aliphatic carbocycles. The Hall–Kier alpha value is -3.11. The van der Waals surface area contributed by atoms with Crippen LogP contribution in [0.15, 0.2) is 30.7 Å². The van der Waals surface area contributed by atoms with Crippen molar-refractivity contribution >= 4 is 23.2 Å². The van der Waals surface area contributed by atoms with Crippen molar-refractivity contribution in [1.29, 1.82) is 0 Å². The Morgan fingerprint density at radius 2 is 2.17 bits per heavy atom. The van der Waals surface area contributed by atoms with E-state index in [2.05, 4.69) is 25.7 Å². The minimum absolute atomic E-state index is 0.0504. The third kappa shape index (κ3) is 4.55. The van der Waals surface area contributed by atoms with Gasteiger partial charge in [0, 0.05) is 32.0 Å². The summed E-state index contributed by atoms with van der Waals surface area (Å²) >= 11 is 0. The van der Waals surface area contributed by atoms with Crippen LogP contribution in [-0.4, -0.2) is 55.5 Å². The van der Waals surface area contributed by atoms with Gasteiger partial charge in [0.1, 0.15) is 0 Å². The van der Waals surface area contributed by atoms with Gasteiger partial charge in [0.2, 0.25) is 5.95 Å². The number of urea groups is 1. The monoisotopic (exact) mass is 421 g/mol. The van der Waals surface area contributed by atoms with Crippen molar-refractivity contribution in [2.24, 2.45) is 7.05 Å². The summed E-state index contributed by atoms with van der Waals surface area (Å²) in [5, 5.41) is 9.60. The second kappa shape index (κ2) is 7.96. The largest absolute Gasteiger partial charge is 0.390 e. The number of halogens is 3. The van der Waals surface area contributed by atoms with Crippen LogP contribution >= 0.6 is 0 Å². The smallest absolute Gasteiger partial charge is 0.338 e. The molecular weight excluding hydrogens is 399 g/mol. The third-order valence-electron chi connectivity index (χ3n) is 5.26. The molecule has 2 aromatic heterocycles. The number of amides is 2. The van der Waals surface area contributed by atoms with Gasteiger partial charge in [-0.25, -0.2) is 14.8 Å². The van der Waals surface area contributed by atoms with Crippen LogP contribution in [0.5, 0.6) is 0 Å². The molecule has 2 unspecified atom stereocenters. The molecule has 0 spiro atoms. The molecule has 160 valence electrons. The zero-order valence-corrected chi connectivity index (χ0v) is 16.4. The first-order valence-electron chi connectivity index (χ1n) is 9.71.